The van der Waals surface area contributed by atoms with E-state index in [0.717, 1.165) is 22.6 Å². The quantitative estimate of drug-likeness (QED) is 0.439. The topological polar surface area (TPSA) is 83.4 Å². The minimum Gasteiger partial charge on any atom is -0.497 e. The van der Waals surface area contributed by atoms with Crippen molar-refractivity contribution in [3.8, 4) is 5.75 Å². The van der Waals surface area contributed by atoms with Crippen molar-refractivity contribution in [2.24, 2.45) is 10.1 Å². The van der Waals surface area contributed by atoms with E-state index in [0.29, 0.717) is 16.6 Å². The van der Waals surface area contributed by atoms with E-state index in [1.165, 1.54) is 30.0 Å². The van der Waals surface area contributed by atoms with E-state index in [9.17, 15) is 14.0 Å². The first-order valence-electron chi connectivity index (χ1n) is 11.5. The Kier molecular flexibility index (Phi) is 7.25. The second-order valence-electron chi connectivity index (χ2n) is 8.47. The van der Waals surface area contributed by atoms with E-state index in [2.05, 4.69) is 10.3 Å². The lowest BCUT2D eigenvalue weighted by molar-refractivity contribution is -0.121. The molecule has 0 saturated carbocycles. The first kappa shape index (κ1) is 25.0. The van der Waals surface area contributed by atoms with Crippen LogP contribution in [0, 0.1) is 5.82 Å². The molecular weight excluding hydrogens is 515 g/mol. The molecule has 37 heavy (non-hydrogen) atoms. The Morgan fingerprint density at radius 1 is 1.16 bits per heavy atom. The van der Waals surface area contributed by atoms with Crippen LogP contribution in [-0.2, 0) is 9.59 Å². The molecule has 0 spiro atoms. The van der Waals surface area contributed by atoms with Gasteiger partial charge in [-0.25, -0.2) is 9.40 Å². The maximum absolute atomic E-state index is 13.9. The van der Waals surface area contributed by atoms with Gasteiger partial charge in [-0.3, -0.25) is 9.59 Å². The smallest absolute Gasteiger partial charge is 0.262 e. The van der Waals surface area contributed by atoms with Crippen molar-refractivity contribution in [1.82, 2.24) is 5.01 Å². The van der Waals surface area contributed by atoms with Gasteiger partial charge < -0.3 is 10.1 Å². The molecule has 0 radical (unpaired) electrons. The molecule has 0 bridgehead atoms. The van der Waals surface area contributed by atoms with Gasteiger partial charge in [0, 0.05) is 17.9 Å². The summed E-state index contributed by atoms with van der Waals surface area (Å²) in [5.74, 6) is -0.701. The van der Waals surface area contributed by atoms with Crippen molar-refractivity contribution in [3.05, 3.63) is 94.8 Å². The lowest BCUT2D eigenvalue weighted by Gasteiger charge is -2.23. The average molecular weight is 537 g/mol. The van der Waals surface area contributed by atoms with Crippen molar-refractivity contribution in [1.29, 1.82) is 0 Å². The number of amidine groups is 1. The molecule has 0 aliphatic carbocycles. The number of amides is 2. The molecule has 0 saturated heterocycles. The van der Waals surface area contributed by atoms with Crippen LogP contribution in [0.15, 0.2) is 82.9 Å². The number of thioether (sulfide) groups is 1. The van der Waals surface area contributed by atoms with Crippen LogP contribution >= 0.6 is 23.4 Å². The van der Waals surface area contributed by atoms with E-state index in [1.54, 1.807) is 24.3 Å². The molecule has 2 atom stereocenters. The summed E-state index contributed by atoms with van der Waals surface area (Å²) in [5.41, 5.74) is 2.74. The van der Waals surface area contributed by atoms with Crippen LogP contribution in [0.25, 0.3) is 0 Å². The number of carbonyl (C=O) groups excluding carboxylic acids is 2. The molecule has 0 fully saturated rings. The highest BCUT2D eigenvalue weighted by molar-refractivity contribution is 8.15. The lowest BCUT2D eigenvalue weighted by Crippen LogP contribution is -2.25. The van der Waals surface area contributed by atoms with Crippen molar-refractivity contribution >= 4 is 51.7 Å². The maximum atomic E-state index is 13.9. The number of hydrogen-bond donors (Lipinski definition) is 1. The van der Waals surface area contributed by atoms with Crippen molar-refractivity contribution in [3.63, 3.8) is 0 Å². The summed E-state index contributed by atoms with van der Waals surface area (Å²) in [6.45, 7) is 0. The summed E-state index contributed by atoms with van der Waals surface area (Å²) < 4.78 is 19.2. The van der Waals surface area contributed by atoms with Crippen LogP contribution in [0.3, 0.4) is 0 Å². The summed E-state index contributed by atoms with van der Waals surface area (Å²) in [7, 11) is 1.61. The summed E-state index contributed by atoms with van der Waals surface area (Å²) >= 11 is 7.44. The van der Waals surface area contributed by atoms with Gasteiger partial charge in [-0.1, -0.05) is 47.6 Å². The normalized spacial score (nSPS) is 19.0. The predicted molar refractivity (Wildman–Crippen MR) is 144 cm³/mol. The average Bonchev–Trinajstić information content (AvgIpc) is 3.49. The molecule has 7 nitrogen and oxygen atoms in total. The number of benzene rings is 3. The van der Waals surface area contributed by atoms with Crippen LogP contribution < -0.4 is 10.1 Å². The lowest BCUT2D eigenvalue weighted by atomic mass is 9.98. The number of anilines is 1. The molecule has 1 N–H and O–H groups in total. The van der Waals surface area contributed by atoms with Crippen LogP contribution in [0.4, 0.5) is 10.1 Å². The summed E-state index contributed by atoms with van der Waals surface area (Å²) in [6.07, 6.45) is 0.425. The molecule has 2 aliphatic heterocycles. The second kappa shape index (κ2) is 10.7. The number of ether oxygens (including phenoxy) is 1. The maximum Gasteiger partial charge on any atom is 0.262 e. The summed E-state index contributed by atoms with van der Waals surface area (Å²) in [4.78, 5) is 29.5. The highest BCUT2D eigenvalue weighted by Gasteiger charge is 2.39. The minimum atomic E-state index is -0.734. The third kappa shape index (κ3) is 5.52. The van der Waals surface area contributed by atoms with Gasteiger partial charge in [0.05, 0.1) is 24.6 Å². The Morgan fingerprint density at radius 3 is 2.68 bits per heavy atom. The van der Waals surface area contributed by atoms with Gasteiger partial charge in [0.1, 0.15) is 16.8 Å². The molecule has 0 aromatic heterocycles. The fourth-order valence-electron chi connectivity index (χ4n) is 4.15. The number of hydrogen-bond acceptors (Lipinski definition) is 6. The van der Waals surface area contributed by atoms with Gasteiger partial charge in [-0.15, -0.1) is 0 Å². The molecule has 2 amide bonds. The highest BCUT2D eigenvalue weighted by atomic mass is 35.5. The summed E-state index contributed by atoms with van der Waals surface area (Å²) in [5, 5.41) is 9.34. The Bertz CT molecular complexity index is 1410. The van der Waals surface area contributed by atoms with Gasteiger partial charge in [0.15, 0.2) is 5.17 Å². The van der Waals surface area contributed by atoms with E-state index in [-0.39, 0.29) is 18.2 Å². The molecule has 0 unspecified atom stereocenters. The first-order chi connectivity index (χ1) is 17.9. The second-order valence-corrected chi connectivity index (χ2v) is 10.1. The molecule has 10 heteroatoms. The Morgan fingerprint density at radius 2 is 1.95 bits per heavy atom. The summed E-state index contributed by atoms with van der Waals surface area (Å²) in [6, 6.07) is 20.7. The van der Waals surface area contributed by atoms with Crippen molar-refractivity contribution in [2.75, 3.05) is 12.4 Å². The number of methoxy groups -OCH3 is 1. The molecule has 3 aromatic carbocycles. The zero-order valence-corrected chi connectivity index (χ0v) is 21.3. The number of hydrazone groups is 1. The largest absolute Gasteiger partial charge is 0.497 e. The van der Waals surface area contributed by atoms with Crippen LogP contribution in [0.1, 0.15) is 30.0 Å². The number of nitrogens with zero attached hydrogens (tertiary/aromatic N) is 3. The number of halogens is 2. The van der Waals surface area contributed by atoms with Gasteiger partial charge in [-0.05, 0) is 59.7 Å². The monoisotopic (exact) mass is 536 g/mol. The third-order valence-corrected chi connectivity index (χ3v) is 7.39. The Hall–Kier alpha value is -3.69. The van der Waals surface area contributed by atoms with E-state index >= 15 is 0 Å². The van der Waals surface area contributed by atoms with E-state index < -0.39 is 22.9 Å². The van der Waals surface area contributed by atoms with Gasteiger partial charge in [0.25, 0.3) is 5.91 Å². The number of rotatable bonds is 6. The third-order valence-electron chi connectivity index (χ3n) is 6.01. The van der Waals surface area contributed by atoms with Crippen LogP contribution in [0.5, 0.6) is 5.75 Å². The van der Waals surface area contributed by atoms with Crippen LogP contribution in [-0.4, -0.2) is 40.1 Å². The van der Waals surface area contributed by atoms with Crippen LogP contribution in [0.2, 0.25) is 5.02 Å². The van der Waals surface area contributed by atoms with Gasteiger partial charge in [0.2, 0.25) is 5.91 Å². The Labute approximate surface area is 222 Å². The van der Waals surface area contributed by atoms with Crippen molar-refractivity contribution < 1.29 is 18.7 Å². The molecule has 2 heterocycles. The predicted octanol–water partition coefficient (Wildman–Crippen LogP) is 5.67. The minimum absolute atomic E-state index is 0.0679. The fraction of sp³-hybridized carbons (Fsp3) is 0.185. The van der Waals surface area contributed by atoms with Gasteiger partial charge >= 0.3 is 0 Å². The molecule has 188 valence electrons. The van der Waals surface area contributed by atoms with E-state index in [1.807, 2.05) is 42.5 Å². The van der Waals surface area contributed by atoms with Gasteiger partial charge in [-0.2, -0.15) is 10.1 Å². The molecular formula is C27H22ClFN4O3S. The Balaban J connectivity index is 1.36. The highest BCUT2D eigenvalue weighted by Crippen LogP contribution is 2.39. The standard InChI is InChI=1S/C27H22ClFN4O3S/c1-36-19-11-9-16(10-12-19)22-14-23(17-5-4-6-18(28)13-17)33(32-22)27-31-26(35)24(37-27)15-25(34)30-21-8-3-2-7-20(21)29/h2-13,23-24H,14-15H2,1H3,(H,30,34)/t23-,24-/m0/s1. The molecule has 2 aliphatic rings. The zero-order chi connectivity index (χ0) is 25.9. The number of para-hydroxylation sites is 1. The SMILES string of the molecule is COc1ccc(C2=NN(C3=NC(=O)[C@H](CC(=O)Nc4ccccc4F)S3)[C@H](c3cccc(Cl)c3)C2)cc1. The fourth-order valence-corrected chi connectivity index (χ4v) is 5.42. The first-order valence-corrected chi connectivity index (χ1v) is 12.8. The van der Waals surface area contributed by atoms with Crippen molar-refractivity contribution in [2.45, 2.75) is 24.1 Å². The number of aliphatic imine (C=N–C) groups is 1. The molecule has 3 aromatic rings. The molecule has 5 rings (SSSR count). The number of carbonyl (C=O) groups is 2. The number of nitrogens with one attached hydrogen (secondary N) is 1. The van der Waals surface area contributed by atoms with E-state index in [4.69, 9.17) is 21.4 Å². The zero-order valence-electron chi connectivity index (χ0n) is 19.7.